The zero-order chi connectivity index (χ0) is 11.5. The van der Waals surface area contributed by atoms with Crippen LogP contribution in [0.4, 0.5) is 0 Å². The van der Waals surface area contributed by atoms with Crippen LogP contribution in [0.3, 0.4) is 0 Å². The summed E-state index contributed by atoms with van der Waals surface area (Å²) in [7, 11) is 1.70. The molecule has 0 radical (unpaired) electrons. The number of carboxylic acid groups (broad SMARTS) is 1. The Morgan fingerprint density at radius 2 is 2.62 bits per heavy atom. The molecule has 0 aromatic carbocycles. The lowest BCUT2D eigenvalue weighted by Gasteiger charge is -2.12. The third-order valence-electron chi connectivity index (χ3n) is 2.72. The van der Waals surface area contributed by atoms with Gasteiger partial charge in [0, 0.05) is 26.3 Å². The van der Waals surface area contributed by atoms with E-state index in [9.17, 15) is 4.79 Å². The average molecular weight is 226 g/mol. The van der Waals surface area contributed by atoms with Crippen LogP contribution in [0.5, 0.6) is 0 Å². The molecule has 1 aromatic heterocycles. The van der Waals surface area contributed by atoms with Gasteiger partial charge in [-0.3, -0.25) is 4.90 Å². The molecule has 16 heavy (non-hydrogen) atoms. The highest BCUT2D eigenvalue weighted by Gasteiger charge is 2.23. The number of carboxylic acids is 1. The summed E-state index contributed by atoms with van der Waals surface area (Å²) < 4.78 is 10.2. The highest BCUT2D eigenvalue weighted by atomic mass is 16.5. The van der Waals surface area contributed by atoms with Gasteiger partial charge in [-0.25, -0.2) is 4.79 Å². The summed E-state index contributed by atoms with van der Waals surface area (Å²) in [6, 6.07) is 1.46. The number of likely N-dealkylation sites (tertiary alicyclic amines) is 1. The summed E-state index contributed by atoms with van der Waals surface area (Å²) in [6.45, 7) is 2.36. The van der Waals surface area contributed by atoms with E-state index in [-0.39, 0.29) is 11.8 Å². The molecule has 6 nitrogen and oxygen atoms in total. The van der Waals surface area contributed by atoms with Crippen LogP contribution in [-0.2, 0) is 11.3 Å². The van der Waals surface area contributed by atoms with Gasteiger partial charge in [-0.05, 0) is 6.42 Å². The maximum absolute atomic E-state index is 10.6. The lowest BCUT2D eigenvalue weighted by atomic mass is 10.3. The van der Waals surface area contributed by atoms with Crippen LogP contribution < -0.4 is 0 Å². The average Bonchev–Trinajstić information content (AvgIpc) is 2.87. The Bertz CT molecular complexity index is 377. The van der Waals surface area contributed by atoms with Crippen molar-refractivity contribution in [3.63, 3.8) is 0 Å². The molecule has 6 heteroatoms. The second kappa shape index (κ2) is 4.63. The van der Waals surface area contributed by atoms with Crippen molar-refractivity contribution in [1.29, 1.82) is 0 Å². The van der Waals surface area contributed by atoms with Gasteiger partial charge in [0.2, 0.25) is 0 Å². The van der Waals surface area contributed by atoms with E-state index in [1.807, 2.05) is 0 Å². The SMILES string of the molecule is COC1CCN(Cc2cc(C(=O)O)no2)C1. The van der Waals surface area contributed by atoms with Gasteiger partial charge in [-0.2, -0.15) is 0 Å². The van der Waals surface area contributed by atoms with E-state index in [1.54, 1.807) is 7.11 Å². The summed E-state index contributed by atoms with van der Waals surface area (Å²) >= 11 is 0. The molecule has 0 spiro atoms. The predicted octanol–water partition coefficient (Wildman–Crippen LogP) is 0.594. The Labute approximate surface area is 92.8 Å². The molecule has 1 N–H and O–H groups in total. The zero-order valence-electron chi connectivity index (χ0n) is 9.05. The molecular formula is C10H14N2O4. The fraction of sp³-hybridized carbons (Fsp3) is 0.600. The first kappa shape index (κ1) is 11.1. The standard InChI is InChI=1S/C10H14N2O4/c1-15-7-2-3-12(5-7)6-8-4-9(10(13)14)11-16-8/h4,7H,2-3,5-6H2,1H3,(H,13,14). The highest BCUT2D eigenvalue weighted by molar-refractivity contribution is 5.85. The Morgan fingerprint density at radius 3 is 3.19 bits per heavy atom. The van der Waals surface area contributed by atoms with Crippen LogP contribution in [0, 0.1) is 0 Å². The van der Waals surface area contributed by atoms with E-state index < -0.39 is 5.97 Å². The van der Waals surface area contributed by atoms with Crippen LogP contribution in [0.25, 0.3) is 0 Å². The van der Waals surface area contributed by atoms with E-state index in [0.717, 1.165) is 19.5 Å². The molecule has 1 aromatic rings. The van der Waals surface area contributed by atoms with E-state index in [2.05, 4.69) is 10.1 Å². The minimum atomic E-state index is -1.06. The van der Waals surface area contributed by atoms with E-state index in [1.165, 1.54) is 6.07 Å². The Hall–Kier alpha value is -1.40. The lowest BCUT2D eigenvalue weighted by molar-refractivity contribution is 0.0685. The topological polar surface area (TPSA) is 75.8 Å². The van der Waals surface area contributed by atoms with E-state index >= 15 is 0 Å². The van der Waals surface area contributed by atoms with Gasteiger partial charge in [-0.1, -0.05) is 5.16 Å². The molecule has 1 saturated heterocycles. The van der Waals surface area contributed by atoms with Crippen molar-refractivity contribution >= 4 is 5.97 Å². The molecule has 88 valence electrons. The smallest absolute Gasteiger partial charge is 0.358 e. The van der Waals surface area contributed by atoms with E-state index in [0.29, 0.717) is 12.3 Å². The van der Waals surface area contributed by atoms with Crippen LogP contribution in [0.1, 0.15) is 22.7 Å². The first-order valence-corrected chi connectivity index (χ1v) is 5.13. The van der Waals surface area contributed by atoms with Crippen molar-refractivity contribution in [3.05, 3.63) is 17.5 Å². The number of aromatic carboxylic acids is 1. The highest BCUT2D eigenvalue weighted by Crippen LogP contribution is 2.15. The zero-order valence-corrected chi connectivity index (χ0v) is 9.05. The molecule has 1 aliphatic rings. The summed E-state index contributed by atoms with van der Waals surface area (Å²) in [5.74, 6) is -0.486. The molecule has 2 heterocycles. The van der Waals surface area contributed by atoms with Crippen LogP contribution in [0.2, 0.25) is 0 Å². The largest absolute Gasteiger partial charge is 0.476 e. The number of hydrogen-bond donors (Lipinski definition) is 1. The molecule has 0 aliphatic carbocycles. The first-order chi connectivity index (χ1) is 7.69. The first-order valence-electron chi connectivity index (χ1n) is 5.13. The summed E-state index contributed by atoms with van der Waals surface area (Å²) in [4.78, 5) is 12.7. The Balaban J connectivity index is 1.92. The summed E-state index contributed by atoms with van der Waals surface area (Å²) in [5.41, 5.74) is -0.0440. The number of aromatic nitrogens is 1. The Kier molecular flexibility index (Phi) is 3.21. The fourth-order valence-corrected chi connectivity index (χ4v) is 1.84. The molecule has 0 bridgehead atoms. The van der Waals surface area contributed by atoms with Gasteiger partial charge >= 0.3 is 5.97 Å². The number of methoxy groups -OCH3 is 1. The number of nitrogens with zero attached hydrogens (tertiary/aromatic N) is 2. The normalized spacial score (nSPS) is 21.4. The van der Waals surface area contributed by atoms with Crippen molar-refractivity contribution < 1.29 is 19.2 Å². The van der Waals surface area contributed by atoms with Crippen LogP contribution in [-0.4, -0.2) is 47.4 Å². The lowest BCUT2D eigenvalue weighted by Crippen LogP contribution is -2.22. The minimum absolute atomic E-state index is 0.0440. The fourth-order valence-electron chi connectivity index (χ4n) is 1.84. The van der Waals surface area contributed by atoms with Gasteiger partial charge < -0.3 is 14.4 Å². The predicted molar refractivity (Wildman–Crippen MR) is 54.2 cm³/mol. The van der Waals surface area contributed by atoms with Gasteiger partial charge in [-0.15, -0.1) is 0 Å². The van der Waals surface area contributed by atoms with Crippen molar-refractivity contribution in [2.24, 2.45) is 0 Å². The molecule has 1 unspecified atom stereocenters. The second-order valence-corrected chi connectivity index (χ2v) is 3.87. The monoisotopic (exact) mass is 226 g/mol. The second-order valence-electron chi connectivity index (χ2n) is 3.87. The van der Waals surface area contributed by atoms with Crippen molar-refractivity contribution in [3.8, 4) is 0 Å². The Morgan fingerprint density at radius 1 is 1.81 bits per heavy atom. The minimum Gasteiger partial charge on any atom is -0.476 e. The van der Waals surface area contributed by atoms with Crippen LogP contribution in [0.15, 0.2) is 10.6 Å². The summed E-state index contributed by atoms with van der Waals surface area (Å²) in [5, 5.41) is 12.1. The third kappa shape index (κ3) is 2.40. The molecule has 0 amide bonds. The van der Waals surface area contributed by atoms with Crippen molar-refractivity contribution in [2.45, 2.75) is 19.1 Å². The van der Waals surface area contributed by atoms with Gasteiger partial charge in [0.15, 0.2) is 11.5 Å². The van der Waals surface area contributed by atoms with Crippen molar-refractivity contribution in [1.82, 2.24) is 10.1 Å². The van der Waals surface area contributed by atoms with Gasteiger partial charge in [0.25, 0.3) is 0 Å². The molecule has 0 saturated carbocycles. The molecule has 1 fully saturated rings. The molecule has 2 rings (SSSR count). The summed E-state index contributed by atoms with van der Waals surface area (Å²) in [6.07, 6.45) is 1.26. The molecule has 1 aliphatic heterocycles. The van der Waals surface area contributed by atoms with E-state index in [4.69, 9.17) is 14.4 Å². The van der Waals surface area contributed by atoms with Crippen LogP contribution >= 0.6 is 0 Å². The third-order valence-corrected chi connectivity index (χ3v) is 2.72. The number of carbonyl (C=O) groups is 1. The maximum Gasteiger partial charge on any atom is 0.358 e. The van der Waals surface area contributed by atoms with Gasteiger partial charge in [0.1, 0.15) is 0 Å². The number of ether oxygens (including phenoxy) is 1. The maximum atomic E-state index is 10.6. The number of hydrogen-bond acceptors (Lipinski definition) is 5. The van der Waals surface area contributed by atoms with Crippen molar-refractivity contribution in [2.75, 3.05) is 20.2 Å². The molecular weight excluding hydrogens is 212 g/mol. The van der Waals surface area contributed by atoms with Gasteiger partial charge in [0.05, 0.1) is 12.6 Å². The quantitative estimate of drug-likeness (QED) is 0.810. The number of rotatable bonds is 4. The molecule has 1 atom stereocenters.